The average Bonchev–Trinajstić information content (AvgIpc) is 2.66. The largest absolute Gasteiger partial charge is 0.323 e. The quantitative estimate of drug-likeness (QED) is 0.799. The topological polar surface area (TPSA) is 26.0 Å². The second-order valence-electron chi connectivity index (χ2n) is 5.70. The van der Waals surface area contributed by atoms with Crippen LogP contribution in [0, 0.1) is 19.3 Å². The number of aryl methyl sites for hydroxylation is 2. The van der Waals surface area contributed by atoms with Crippen molar-refractivity contribution in [1.82, 2.24) is 0 Å². The summed E-state index contributed by atoms with van der Waals surface area (Å²) in [6.07, 6.45) is 5.24. The summed E-state index contributed by atoms with van der Waals surface area (Å²) in [7, 11) is 0. The van der Waals surface area contributed by atoms with Gasteiger partial charge in [0.25, 0.3) is 0 Å². The molecule has 0 radical (unpaired) electrons. The second kappa shape index (κ2) is 4.21. The SMILES string of the molecule is Cc1ccc(C(N)C2(C)CCCC2)c(C)c1. The standard InChI is InChI=1S/C15H23N/c1-11-6-7-13(12(2)10-11)14(16)15(3)8-4-5-9-15/h6-7,10,14H,4-5,8-9,16H2,1-3H3. The predicted molar refractivity (Wildman–Crippen MR) is 69.4 cm³/mol. The van der Waals surface area contributed by atoms with Crippen LogP contribution in [-0.4, -0.2) is 0 Å². The molecule has 0 heterocycles. The normalized spacial score (nSPS) is 21.0. The fourth-order valence-electron chi connectivity index (χ4n) is 3.04. The molecule has 0 spiro atoms. The van der Waals surface area contributed by atoms with E-state index in [-0.39, 0.29) is 6.04 Å². The molecule has 0 bridgehead atoms. The molecule has 0 saturated heterocycles. The van der Waals surface area contributed by atoms with Crippen molar-refractivity contribution in [1.29, 1.82) is 0 Å². The van der Waals surface area contributed by atoms with Crippen molar-refractivity contribution >= 4 is 0 Å². The maximum atomic E-state index is 6.49. The van der Waals surface area contributed by atoms with E-state index < -0.39 is 0 Å². The summed E-state index contributed by atoms with van der Waals surface area (Å²) in [6, 6.07) is 6.85. The average molecular weight is 217 g/mol. The van der Waals surface area contributed by atoms with E-state index in [4.69, 9.17) is 5.73 Å². The van der Waals surface area contributed by atoms with E-state index >= 15 is 0 Å². The first-order chi connectivity index (χ1) is 7.53. The summed E-state index contributed by atoms with van der Waals surface area (Å²) in [5.41, 5.74) is 10.8. The number of nitrogens with two attached hydrogens (primary N) is 1. The van der Waals surface area contributed by atoms with Crippen LogP contribution in [0.1, 0.15) is 55.3 Å². The summed E-state index contributed by atoms with van der Waals surface area (Å²) < 4.78 is 0. The van der Waals surface area contributed by atoms with Gasteiger partial charge in [0.2, 0.25) is 0 Å². The molecule has 88 valence electrons. The molecular formula is C15H23N. The number of rotatable bonds is 2. The summed E-state index contributed by atoms with van der Waals surface area (Å²) in [4.78, 5) is 0. The second-order valence-corrected chi connectivity index (χ2v) is 5.70. The lowest BCUT2D eigenvalue weighted by Crippen LogP contribution is -2.29. The first-order valence-corrected chi connectivity index (χ1v) is 6.36. The van der Waals surface area contributed by atoms with E-state index in [9.17, 15) is 0 Å². The van der Waals surface area contributed by atoms with Gasteiger partial charge in [-0.05, 0) is 43.2 Å². The minimum Gasteiger partial charge on any atom is -0.323 e. The maximum absolute atomic E-state index is 6.49. The Hall–Kier alpha value is -0.820. The Bertz CT molecular complexity index is 375. The molecular weight excluding hydrogens is 194 g/mol. The Morgan fingerprint density at radius 3 is 2.38 bits per heavy atom. The lowest BCUT2D eigenvalue weighted by Gasteiger charge is -2.32. The predicted octanol–water partition coefficient (Wildman–Crippen LogP) is 3.88. The summed E-state index contributed by atoms with van der Waals surface area (Å²) in [6.45, 7) is 6.67. The molecule has 1 atom stereocenters. The van der Waals surface area contributed by atoms with E-state index in [0.29, 0.717) is 5.41 Å². The van der Waals surface area contributed by atoms with Gasteiger partial charge < -0.3 is 5.73 Å². The molecule has 2 rings (SSSR count). The highest BCUT2D eigenvalue weighted by Crippen LogP contribution is 2.46. The third-order valence-electron chi connectivity index (χ3n) is 4.26. The van der Waals surface area contributed by atoms with Crippen LogP contribution in [0.4, 0.5) is 0 Å². The van der Waals surface area contributed by atoms with Crippen LogP contribution in [0.5, 0.6) is 0 Å². The van der Waals surface area contributed by atoms with E-state index in [2.05, 4.69) is 39.0 Å². The van der Waals surface area contributed by atoms with Crippen molar-refractivity contribution in [2.75, 3.05) is 0 Å². The highest BCUT2D eigenvalue weighted by molar-refractivity contribution is 5.33. The fourth-order valence-corrected chi connectivity index (χ4v) is 3.04. The molecule has 1 nitrogen and oxygen atoms in total. The summed E-state index contributed by atoms with van der Waals surface area (Å²) in [5, 5.41) is 0. The highest BCUT2D eigenvalue weighted by Gasteiger charge is 2.36. The highest BCUT2D eigenvalue weighted by atomic mass is 14.7. The number of benzene rings is 1. The van der Waals surface area contributed by atoms with Gasteiger partial charge in [-0.25, -0.2) is 0 Å². The van der Waals surface area contributed by atoms with Gasteiger partial charge in [-0.2, -0.15) is 0 Å². The lowest BCUT2D eigenvalue weighted by atomic mass is 9.76. The van der Waals surface area contributed by atoms with Crippen LogP contribution in [0.25, 0.3) is 0 Å². The zero-order valence-electron chi connectivity index (χ0n) is 10.7. The van der Waals surface area contributed by atoms with Gasteiger partial charge in [-0.3, -0.25) is 0 Å². The number of hydrogen-bond acceptors (Lipinski definition) is 1. The third-order valence-corrected chi connectivity index (χ3v) is 4.26. The molecule has 1 aliphatic rings. The molecule has 0 aliphatic heterocycles. The molecule has 16 heavy (non-hydrogen) atoms. The van der Waals surface area contributed by atoms with Crippen LogP contribution in [-0.2, 0) is 0 Å². The van der Waals surface area contributed by atoms with Crippen molar-refractivity contribution in [3.8, 4) is 0 Å². The van der Waals surface area contributed by atoms with E-state index in [0.717, 1.165) is 0 Å². The van der Waals surface area contributed by atoms with Crippen molar-refractivity contribution in [3.63, 3.8) is 0 Å². The molecule has 1 heteroatoms. The molecule has 2 N–H and O–H groups in total. The molecule has 1 aromatic rings. The van der Waals surface area contributed by atoms with Crippen molar-refractivity contribution in [2.24, 2.45) is 11.1 Å². The maximum Gasteiger partial charge on any atom is 0.0352 e. The van der Waals surface area contributed by atoms with Gasteiger partial charge >= 0.3 is 0 Å². The van der Waals surface area contributed by atoms with Crippen molar-refractivity contribution in [3.05, 3.63) is 34.9 Å². The van der Waals surface area contributed by atoms with Gasteiger partial charge in [0, 0.05) is 6.04 Å². The Morgan fingerprint density at radius 1 is 1.19 bits per heavy atom. The Kier molecular flexibility index (Phi) is 3.07. The molecule has 1 fully saturated rings. The molecule has 1 unspecified atom stereocenters. The third kappa shape index (κ3) is 2.01. The van der Waals surface area contributed by atoms with Gasteiger partial charge in [0.15, 0.2) is 0 Å². The smallest absolute Gasteiger partial charge is 0.0352 e. The fraction of sp³-hybridized carbons (Fsp3) is 0.600. The molecule has 0 aromatic heterocycles. The lowest BCUT2D eigenvalue weighted by molar-refractivity contribution is 0.265. The molecule has 1 saturated carbocycles. The van der Waals surface area contributed by atoms with Crippen molar-refractivity contribution in [2.45, 2.75) is 52.5 Å². The van der Waals surface area contributed by atoms with Crippen LogP contribution in [0.15, 0.2) is 18.2 Å². The Balaban J connectivity index is 2.29. The van der Waals surface area contributed by atoms with E-state index in [1.165, 1.54) is 42.4 Å². The van der Waals surface area contributed by atoms with Crippen molar-refractivity contribution < 1.29 is 0 Å². The molecule has 1 aromatic carbocycles. The number of hydrogen-bond donors (Lipinski definition) is 1. The van der Waals surface area contributed by atoms with Crippen LogP contribution in [0.2, 0.25) is 0 Å². The first kappa shape index (κ1) is 11.7. The molecule has 0 amide bonds. The Labute approximate surface area is 99.0 Å². The van der Waals surface area contributed by atoms with Crippen LogP contribution < -0.4 is 5.73 Å². The first-order valence-electron chi connectivity index (χ1n) is 6.36. The zero-order valence-corrected chi connectivity index (χ0v) is 10.7. The zero-order chi connectivity index (χ0) is 11.8. The minimum absolute atomic E-state index is 0.204. The van der Waals surface area contributed by atoms with Gasteiger partial charge in [-0.1, -0.05) is 43.5 Å². The van der Waals surface area contributed by atoms with E-state index in [1.54, 1.807) is 0 Å². The van der Waals surface area contributed by atoms with Crippen LogP contribution >= 0.6 is 0 Å². The Morgan fingerprint density at radius 2 is 1.81 bits per heavy atom. The van der Waals surface area contributed by atoms with Gasteiger partial charge in [-0.15, -0.1) is 0 Å². The van der Waals surface area contributed by atoms with Crippen LogP contribution in [0.3, 0.4) is 0 Å². The monoisotopic (exact) mass is 217 g/mol. The summed E-state index contributed by atoms with van der Waals surface area (Å²) in [5.74, 6) is 0. The molecule has 1 aliphatic carbocycles. The van der Waals surface area contributed by atoms with E-state index in [1.807, 2.05) is 0 Å². The van der Waals surface area contributed by atoms with Gasteiger partial charge in [0.05, 0.1) is 0 Å². The summed E-state index contributed by atoms with van der Waals surface area (Å²) >= 11 is 0. The van der Waals surface area contributed by atoms with Gasteiger partial charge in [0.1, 0.15) is 0 Å². The minimum atomic E-state index is 0.204.